The molecule has 0 rings (SSSR count). The van der Waals surface area contributed by atoms with Crippen molar-refractivity contribution in [1.29, 1.82) is 0 Å². The smallest absolute Gasteiger partial charge is 0.306 e. The van der Waals surface area contributed by atoms with E-state index >= 15 is 0 Å². The summed E-state index contributed by atoms with van der Waals surface area (Å²) in [5.41, 5.74) is 0. The molecule has 0 bridgehead atoms. The Labute approximate surface area is 140 Å². The van der Waals surface area contributed by atoms with E-state index in [1.54, 1.807) is 0 Å². The van der Waals surface area contributed by atoms with Gasteiger partial charge >= 0.3 is 5.97 Å². The van der Waals surface area contributed by atoms with Crippen molar-refractivity contribution in [2.45, 2.75) is 90.4 Å². The molecule has 0 aliphatic rings. The van der Waals surface area contributed by atoms with Gasteiger partial charge in [-0.25, -0.2) is 0 Å². The zero-order chi connectivity index (χ0) is 15.1. The molecule has 0 aliphatic carbocycles. The molecule has 4 heteroatoms. The second-order valence-electron chi connectivity index (χ2n) is 5.95. The molecule has 0 aromatic heterocycles. The summed E-state index contributed by atoms with van der Waals surface area (Å²) in [5, 5.41) is 8.94. The van der Waals surface area contributed by atoms with Crippen LogP contribution in [0.25, 0.3) is 0 Å². The van der Waals surface area contributed by atoms with Crippen molar-refractivity contribution >= 4 is 27.6 Å². The zero-order valence-electron chi connectivity index (χ0n) is 13.8. The van der Waals surface area contributed by atoms with Gasteiger partial charge < -0.3 is 5.11 Å². The molecule has 0 saturated heterocycles. The number of hydrogen-bond donors (Lipinski definition) is 1. The van der Waals surface area contributed by atoms with E-state index in [-0.39, 0.29) is 18.3 Å². The van der Waals surface area contributed by atoms with Crippen LogP contribution in [0.3, 0.4) is 0 Å². The van der Waals surface area contributed by atoms with Crippen molar-refractivity contribution in [2.75, 3.05) is 6.16 Å². The van der Waals surface area contributed by atoms with Crippen LogP contribution < -0.4 is 0 Å². The first-order valence-corrected chi connectivity index (χ1v) is 9.46. The second kappa shape index (κ2) is 18.2. The number of carbonyl (C=O) groups is 1. The van der Waals surface area contributed by atoms with Crippen LogP contribution in [-0.2, 0) is 4.79 Å². The molecule has 2 nitrogen and oxygen atoms in total. The minimum atomic E-state index is -0.636. The van der Waals surface area contributed by atoms with Gasteiger partial charge in [0.05, 0.1) is 5.92 Å². The number of carboxylic acid groups (broad SMARTS) is 1. The molecule has 0 aliphatic heterocycles. The fourth-order valence-corrected chi connectivity index (χ4v) is 3.01. The zero-order valence-corrected chi connectivity index (χ0v) is 15.8. The molecule has 1 N–H and O–H groups in total. The third kappa shape index (κ3) is 16.4. The first-order chi connectivity index (χ1) is 9.72. The van der Waals surface area contributed by atoms with Gasteiger partial charge in [0.2, 0.25) is 0 Å². The van der Waals surface area contributed by atoms with Crippen molar-refractivity contribution < 1.29 is 9.90 Å². The summed E-state index contributed by atoms with van der Waals surface area (Å²) in [6, 6.07) is 0. The molecule has 0 amide bonds. The molecule has 2 unspecified atom stereocenters. The van der Waals surface area contributed by atoms with Crippen LogP contribution >= 0.6 is 21.6 Å². The standard InChI is InChI=1S/C17H35O2P.ClH/c1-2-3-4-5-6-7-8-9-10-11-12-13-14-16(15-20)17(18)19;/h16H,2-15,20H2,1H3,(H,18,19);1H. The van der Waals surface area contributed by atoms with Crippen LogP contribution in [0.15, 0.2) is 0 Å². The first kappa shape index (κ1) is 23.5. The normalized spacial score (nSPS) is 11.9. The molecule has 0 fully saturated rings. The number of aliphatic carboxylic acids is 1. The van der Waals surface area contributed by atoms with E-state index in [0.717, 1.165) is 12.8 Å². The lowest BCUT2D eigenvalue weighted by atomic mass is 10.0. The predicted octanol–water partition coefficient (Wildman–Crippen LogP) is 6.08. The van der Waals surface area contributed by atoms with Gasteiger partial charge in [0, 0.05) is 0 Å². The Morgan fingerprint density at radius 2 is 1.24 bits per heavy atom. The molecule has 21 heavy (non-hydrogen) atoms. The highest BCUT2D eigenvalue weighted by molar-refractivity contribution is 7.16. The van der Waals surface area contributed by atoms with Crippen molar-refractivity contribution in [1.82, 2.24) is 0 Å². The summed E-state index contributed by atoms with van der Waals surface area (Å²) in [6.07, 6.45) is 17.5. The van der Waals surface area contributed by atoms with E-state index in [2.05, 4.69) is 16.2 Å². The van der Waals surface area contributed by atoms with Crippen LogP contribution in [0.5, 0.6) is 0 Å². The Bertz CT molecular complexity index is 225. The Morgan fingerprint density at radius 1 is 0.857 bits per heavy atom. The van der Waals surface area contributed by atoms with E-state index in [9.17, 15) is 4.79 Å². The summed E-state index contributed by atoms with van der Waals surface area (Å²) in [5.74, 6) is -0.786. The average molecular weight is 339 g/mol. The van der Waals surface area contributed by atoms with Crippen LogP contribution in [-0.4, -0.2) is 17.2 Å². The highest BCUT2D eigenvalue weighted by atomic mass is 35.5. The first-order valence-electron chi connectivity index (χ1n) is 8.65. The number of halogens is 1. The van der Waals surface area contributed by atoms with Crippen molar-refractivity contribution in [3.05, 3.63) is 0 Å². The lowest BCUT2D eigenvalue weighted by Crippen LogP contribution is -2.14. The number of hydrogen-bond acceptors (Lipinski definition) is 1. The maximum atomic E-state index is 10.8. The summed E-state index contributed by atoms with van der Waals surface area (Å²) in [7, 11) is 2.55. The molecule has 128 valence electrons. The highest BCUT2D eigenvalue weighted by Crippen LogP contribution is 2.15. The van der Waals surface area contributed by atoms with Crippen LogP contribution in [0.4, 0.5) is 0 Å². The Balaban J connectivity index is 0. The van der Waals surface area contributed by atoms with Crippen molar-refractivity contribution in [2.24, 2.45) is 5.92 Å². The minimum Gasteiger partial charge on any atom is -0.481 e. The molecular weight excluding hydrogens is 303 g/mol. The summed E-state index contributed by atoms with van der Waals surface area (Å²) in [4.78, 5) is 10.8. The fourth-order valence-electron chi connectivity index (χ4n) is 2.57. The van der Waals surface area contributed by atoms with Crippen LogP contribution in [0, 0.1) is 5.92 Å². The lowest BCUT2D eigenvalue weighted by molar-refractivity contribution is -0.141. The Morgan fingerprint density at radius 3 is 1.57 bits per heavy atom. The van der Waals surface area contributed by atoms with E-state index < -0.39 is 5.97 Å². The van der Waals surface area contributed by atoms with Gasteiger partial charge in [-0.15, -0.1) is 21.6 Å². The lowest BCUT2D eigenvalue weighted by Gasteiger charge is -2.08. The molecule has 0 aromatic carbocycles. The molecule has 0 saturated carbocycles. The molecular formula is C17H36ClO2P. The summed E-state index contributed by atoms with van der Waals surface area (Å²) in [6.45, 7) is 2.26. The van der Waals surface area contributed by atoms with E-state index in [4.69, 9.17) is 5.11 Å². The van der Waals surface area contributed by atoms with Crippen LogP contribution in [0.1, 0.15) is 90.4 Å². The molecule has 0 spiro atoms. The Hall–Kier alpha value is 0.190. The third-order valence-electron chi connectivity index (χ3n) is 4.04. The fraction of sp³-hybridized carbons (Fsp3) is 0.941. The number of carboxylic acids is 1. The predicted molar refractivity (Wildman–Crippen MR) is 98.6 cm³/mol. The van der Waals surface area contributed by atoms with Crippen LogP contribution in [0.2, 0.25) is 0 Å². The quantitative estimate of drug-likeness (QED) is 0.290. The number of unbranched alkanes of at least 4 members (excludes halogenated alkanes) is 11. The van der Waals surface area contributed by atoms with Gasteiger partial charge in [0.25, 0.3) is 0 Å². The van der Waals surface area contributed by atoms with E-state index in [1.807, 2.05) is 0 Å². The SMILES string of the molecule is CCCCCCCCCCCCCCC(CP)C(=O)O.Cl. The average Bonchev–Trinajstić information content (AvgIpc) is 2.43. The number of rotatable bonds is 15. The maximum absolute atomic E-state index is 10.8. The van der Waals surface area contributed by atoms with E-state index in [1.165, 1.54) is 70.6 Å². The molecule has 0 heterocycles. The van der Waals surface area contributed by atoms with Gasteiger partial charge in [0.15, 0.2) is 0 Å². The van der Waals surface area contributed by atoms with E-state index in [0.29, 0.717) is 6.16 Å². The molecule has 2 atom stereocenters. The monoisotopic (exact) mass is 338 g/mol. The van der Waals surface area contributed by atoms with Gasteiger partial charge in [-0.1, -0.05) is 84.0 Å². The van der Waals surface area contributed by atoms with Gasteiger partial charge in [-0.3, -0.25) is 4.79 Å². The second-order valence-corrected chi connectivity index (χ2v) is 6.42. The largest absolute Gasteiger partial charge is 0.481 e. The summed E-state index contributed by atoms with van der Waals surface area (Å²) < 4.78 is 0. The van der Waals surface area contributed by atoms with Gasteiger partial charge in [0.1, 0.15) is 0 Å². The van der Waals surface area contributed by atoms with Gasteiger partial charge in [-0.2, -0.15) is 0 Å². The molecule has 0 radical (unpaired) electrons. The highest BCUT2D eigenvalue weighted by Gasteiger charge is 2.13. The maximum Gasteiger partial charge on any atom is 0.306 e. The van der Waals surface area contributed by atoms with Crippen molar-refractivity contribution in [3.8, 4) is 0 Å². The van der Waals surface area contributed by atoms with Crippen molar-refractivity contribution in [3.63, 3.8) is 0 Å². The molecule has 0 aromatic rings. The summed E-state index contributed by atoms with van der Waals surface area (Å²) >= 11 is 0. The topological polar surface area (TPSA) is 37.3 Å². The third-order valence-corrected chi connectivity index (χ3v) is 4.61. The Kier molecular flexibility index (Phi) is 20.4. The minimum absolute atomic E-state index is 0. The van der Waals surface area contributed by atoms with Gasteiger partial charge in [-0.05, 0) is 12.6 Å².